The Balaban J connectivity index is 0.000000229. The van der Waals surface area contributed by atoms with Gasteiger partial charge in [0.05, 0.1) is 11.4 Å². The largest absolute Gasteiger partial charge is 0.501 e. The Morgan fingerprint density at radius 1 is 0.783 bits per heavy atom. The van der Waals surface area contributed by atoms with Crippen LogP contribution in [0.1, 0.15) is 92.2 Å². The third-order valence-electron chi connectivity index (χ3n) is 10.5. The van der Waals surface area contributed by atoms with Gasteiger partial charge >= 0.3 is 0 Å². The summed E-state index contributed by atoms with van der Waals surface area (Å²) in [6, 6.07) is 37.4. The minimum atomic E-state index is -2.33. The van der Waals surface area contributed by atoms with Crippen LogP contribution < -0.4 is 0 Å². The molecule has 5 aromatic carbocycles. The Bertz CT molecular complexity index is 3050. The molecule has 0 saturated carbocycles. The molecule has 0 N–H and O–H groups in total. The van der Waals surface area contributed by atoms with Crippen molar-refractivity contribution in [3.8, 4) is 39.5 Å². The summed E-state index contributed by atoms with van der Waals surface area (Å²) in [4.78, 5) is 9.21. The number of halogens is 1. The van der Waals surface area contributed by atoms with Gasteiger partial charge in [-0.15, -0.1) is 52.2 Å². The number of hydrogen-bond acceptors (Lipinski definition) is 7. The van der Waals surface area contributed by atoms with Gasteiger partial charge in [-0.25, -0.2) is 0 Å². The van der Waals surface area contributed by atoms with E-state index in [0.717, 1.165) is 50.4 Å². The molecule has 9 aromatic rings. The molecule has 0 aliphatic heterocycles. The minimum absolute atomic E-state index is 0. The number of para-hydroxylation sites is 1. The van der Waals surface area contributed by atoms with Crippen molar-refractivity contribution in [2.75, 3.05) is 0 Å². The van der Waals surface area contributed by atoms with Crippen LogP contribution in [0.3, 0.4) is 0 Å². The van der Waals surface area contributed by atoms with E-state index < -0.39 is 12.7 Å². The zero-order valence-electron chi connectivity index (χ0n) is 37.7. The van der Waals surface area contributed by atoms with Crippen LogP contribution in [0.2, 0.25) is 0 Å². The van der Waals surface area contributed by atoms with Gasteiger partial charge in [-0.05, 0) is 74.2 Å². The maximum atomic E-state index is 14.1. The predicted molar refractivity (Wildman–Crippen MR) is 234 cm³/mol. The topological polar surface area (TPSA) is 95.4 Å². The first-order valence-corrected chi connectivity index (χ1v) is 19.7. The van der Waals surface area contributed by atoms with Crippen LogP contribution in [0.15, 0.2) is 108 Å². The van der Waals surface area contributed by atoms with E-state index in [1.54, 1.807) is 12.3 Å². The summed E-state index contributed by atoms with van der Waals surface area (Å²) >= 11 is 0. The van der Waals surface area contributed by atoms with E-state index >= 15 is 0 Å². The van der Waals surface area contributed by atoms with Gasteiger partial charge in [0, 0.05) is 47.3 Å². The van der Waals surface area contributed by atoms with E-state index in [-0.39, 0.29) is 48.5 Å². The van der Waals surface area contributed by atoms with E-state index in [1.807, 2.05) is 18.2 Å². The molecule has 0 atom stereocenters. The fourth-order valence-corrected chi connectivity index (χ4v) is 7.32. The van der Waals surface area contributed by atoms with Crippen LogP contribution in [-0.4, -0.2) is 35.2 Å². The first-order valence-electron chi connectivity index (χ1n) is 21.2. The van der Waals surface area contributed by atoms with Gasteiger partial charge in [-0.3, -0.25) is 9.37 Å². The molecular weight excluding hydrogens is 926 g/mol. The second-order valence-corrected chi connectivity index (χ2v) is 16.5. The molecule has 10 heteroatoms. The number of nitrogens with zero attached hydrogens (tertiary/aromatic N) is 7. The molecule has 0 amide bonds. The number of fused-ring (bicyclic) bond motifs is 4. The van der Waals surface area contributed by atoms with Gasteiger partial charge in [0.25, 0.3) is 0 Å². The van der Waals surface area contributed by atoms with Crippen LogP contribution in [0.5, 0.6) is 0 Å². The number of pyridine rings is 1. The Labute approximate surface area is 367 Å². The quantitative estimate of drug-likeness (QED) is 0.153. The Kier molecular flexibility index (Phi) is 10.8. The molecule has 0 unspecified atom stereocenters. The van der Waals surface area contributed by atoms with E-state index in [0.29, 0.717) is 28.4 Å². The van der Waals surface area contributed by atoms with Gasteiger partial charge in [0.1, 0.15) is 5.58 Å². The fourth-order valence-electron chi connectivity index (χ4n) is 7.32. The average molecular weight is 975 g/mol. The third kappa shape index (κ3) is 8.14. The second-order valence-electron chi connectivity index (χ2n) is 16.5. The normalized spacial score (nSPS) is 12.6. The molecule has 0 aliphatic carbocycles. The molecule has 1 radical (unpaired) electrons. The molecule has 0 saturated heterocycles. The van der Waals surface area contributed by atoms with E-state index in [2.05, 4.69) is 158 Å². The Morgan fingerprint density at radius 2 is 1.50 bits per heavy atom. The number of imidazole rings is 1. The van der Waals surface area contributed by atoms with Crippen molar-refractivity contribution >= 4 is 33.2 Å². The summed E-state index contributed by atoms with van der Waals surface area (Å²) in [6.45, 7) is 14.8. The Morgan fingerprint density at radius 3 is 2.15 bits per heavy atom. The Hall–Kier alpha value is -5.96. The maximum Gasteiger partial charge on any atom is 0.214 e. The zero-order chi connectivity index (χ0) is 44.1. The van der Waals surface area contributed by atoms with Crippen LogP contribution >= 0.6 is 0 Å². The molecule has 60 heavy (non-hydrogen) atoms. The molecule has 4 aromatic heterocycles. The standard InChI is InChI=1S/C34H29N6O.C16H17FN.Ir/c1-19(2)24-8-6-9-25(20(3)4)30(24)40-33(35-32-34(40)37-39-38-36-32)28-11-7-10-27-26-17-16-23(18-29(26)41-31(27)28)22-14-12-21(5)13-15-22;1-11-5-7-13(14(17)9-11)15-8-6-12(10-18-15)16(2,3)4;/h6-10,12-20H,1-5H3;5-6,8-10H,1-4H3;/q2*-1;/i;1D3;. The fraction of sp³-hybridized carbons (Fsp3) is 0.240. The van der Waals surface area contributed by atoms with Crippen molar-refractivity contribution < 1.29 is 33.0 Å². The first kappa shape index (κ1) is 38.3. The predicted octanol–water partition coefficient (Wildman–Crippen LogP) is 12.5. The molecule has 0 aliphatic rings. The van der Waals surface area contributed by atoms with Gasteiger partial charge in [-0.1, -0.05) is 144 Å². The SMILES string of the molecule is Cc1ccc(-c2ccc3c(c2)oc2c(-c4nc5nnnnc5n4-c4c(C(C)C)cccc4C(C)C)[c-]ccc23)cc1.[2H]C([2H])([2H])c1c[c-]c(-c2ccc(C(C)(C)C)cn2)c(F)c1.[Ir]. The van der Waals surface area contributed by atoms with E-state index in [1.165, 1.54) is 22.8 Å². The number of benzene rings is 5. The third-order valence-corrected chi connectivity index (χ3v) is 10.5. The summed E-state index contributed by atoms with van der Waals surface area (Å²) in [5.74, 6) is 0.554. The summed E-state index contributed by atoms with van der Waals surface area (Å²) in [6.07, 6.45) is 1.71. The molecule has 305 valence electrons. The molecule has 0 spiro atoms. The number of rotatable bonds is 6. The van der Waals surface area contributed by atoms with Crippen molar-refractivity contribution in [1.29, 1.82) is 0 Å². The number of aromatic nitrogens is 7. The molecule has 4 heterocycles. The van der Waals surface area contributed by atoms with Crippen molar-refractivity contribution in [3.63, 3.8) is 0 Å². The molecule has 9 rings (SSSR count). The molecule has 0 bridgehead atoms. The van der Waals surface area contributed by atoms with E-state index in [9.17, 15) is 4.39 Å². The minimum Gasteiger partial charge on any atom is -0.501 e. The zero-order valence-corrected chi connectivity index (χ0v) is 37.1. The van der Waals surface area contributed by atoms with Crippen LogP contribution in [0.25, 0.3) is 72.7 Å². The van der Waals surface area contributed by atoms with Crippen molar-refractivity contribution in [2.24, 2.45) is 0 Å². The number of hydrogen-bond donors (Lipinski definition) is 0. The first-order chi connectivity index (χ1) is 29.5. The van der Waals surface area contributed by atoms with Crippen LogP contribution in [0.4, 0.5) is 4.39 Å². The maximum absolute atomic E-state index is 14.1. The summed E-state index contributed by atoms with van der Waals surface area (Å²) in [5.41, 5.74) is 11.7. The molecule has 8 nitrogen and oxygen atoms in total. The van der Waals surface area contributed by atoms with E-state index in [4.69, 9.17) is 13.5 Å². The average Bonchev–Trinajstić information content (AvgIpc) is 3.81. The number of aryl methyl sites for hydroxylation is 2. The second kappa shape index (κ2) is 17.0. The van der Waals surface area contributed by atoms with Crippen molar-refractivity contribution in [3.05, 3.63) is 149 Å². The van der Waals surface area contributed by atoms with Crippen molar-refractivity contribution in [2.45, 2.75) is 79.5 Å². The van der Waals surface area contributed by atoms with Gasteiger partial charge in [-0.2, -0.15) is 0 Å². The van der Waals surface area contributed by atoms with Gasteiger partial charge in [0.2, 0.25) is 11.3 Å². The molecule has 0 fully saturated rings. The van der Waals surface area contributed by atoms with Gasteiger partial charge < -0.3 is 14.0 Å². The summed E-state index contributed by atoms with van der Waals surface area (Å²) < 4.78 is 44.6. The van der Waals surface area contributed by atoms with Crippen molar-refractivity contribution in [1.82, 2.24) is 35.2 Å². The van der Waals surface area contributed by atoms with Crippen LogP contribution in [0, 0.1) is 31.7 Å². The summed E-state index contributed by atoms with van der Waals surface area (Å²) in [7, 11) is 0. The summed E-state index contributed by atoms with van der Waals surface area (Å²) in [5, 5.41) is 18.4. The number of furan rings is 1. The molecular formula is C50H46FIrN7O-2. The van der Waals surface area contributed by atoms with Gasteiger partial charge in [0.15, 0.2) is 0 Å². The van der Waals surface area contributed by atoms with Crippen LogP contribution in [-0.2, 0) is 25.5 Å². The smallest absolute Gasteiger partial charge is 0.214 e. The monoisotopic (exact) mass is 975 g/mol.